The lowest BCUT2D eigenvalue weighted by Gasteiger charge is -2.33. The summed E-state index contributed by atoms with van der Waals surface area (Å²) in [7, 11) is 0. The molecule has 6 nitrogen and oxygen atoms in total. The van der Waals surface area contributed by atoms with Gasteiger partial charge in [0.15, 0.2) is 0 Å². The van der Waals surface area contributed by atoms with Crippen molar-refractivity contribution in [2.75, 3.05) is 6.54 Å². The number of nitrogens with zero attached hydrogens (tertiary/aromatic N) is 4. The van der Waals surface area contributed by atoms with Crippen molar-refractivity contribution in [1.82, 2.24) is 20.3 Å². The highest BCUT2D eigenvalue weighted by Crippen LogP contribution is 2.39. The van der Waals surface area contributed by atoms with Gasteiger partial charge in [0.2, 0.25) is 11.8 Å². The van der Waals surface area contributed by atoms with Gasteiger partial charge >= 0.3 is 0 Å². The van der Waals surface area contributed by atoms with Crippen LogP contribution >= 0.6 is 0 Å². The van der Waals surface area contributed by atoms with Crippen LogP contribution in [0, 0.1) is 6.92 Å². The van der Waals surface area contributed by atoms with Crippen LogP contribution in [0.4, 0.5) is 0 Å². The van der Waals surface area contributed by atoms with Crippen LogP contribution in [-0.4, -0.2) is 26.8 Å². The number of hydrogen-bond acceptors (Lipinski definition) is 6. The molecule has 2 aromatic rings. The van der Waals surface area contributed by atoms with Crippen molar-refractivity contribution in [2.45, 2.75) is 57.5 Å². The number of piperidine rings is 1. The molecule has 21 heavy (non-hydrogen) atoms. The Kier molecular flexibility index (Phi) is 3.25. The summed E-state index contributed by atoms with van der Waals surface area (Å²) in [5.41, 5.74) is 1.02. The molecular weight excluding hydrogens is 268 g/mol. The molecule has 0 unspecified atom stereocenters. The number of likely N-dealkylation sites (tertiary alicyclic amines) is 1. The largest absolute Gasteiger partial charge is 0.424 e. The Morgan fingerprint density at radius 1 is 1.24 bits per heavy atom. The summed E-state index contributed by atoms with van der Waals surface area (Å²) in [6, 6.07) is 2.33. The molecule has 1 saturated carbocycles. The van der Waals surface area contributed by atoms with E-state index in [1.807, 2.05) is 13.0 Å². The zero-order valence-corrected chi connectivity index (χ0v) is 12.3. The second-order valence-electron chi connectivity index (χ2n) is 6.15. The first kappa shape index (κ1) is 13.0. The molecule has 112 valence electrons. The maximum absolute atomic E-state index is 5.79. The van der Waals surface area contributed by atoms with Crippen LogP contribution in [0.2, 0.25) is 0 Å². The number of rotatable bonds is 4. The van der Waals surface area contributed by atoms with E-state index in [1.54, 1.807) is 0 Å². The van der Waals surface area contributed by atoms with Gasteiger partial charge in [-0.05, 0) is 39.2 Å². The van der Waals surface area contributed by atoms with E-state index < -0.39 is 0 Å². The van der Waals surface area contributed by atoms with Gasteiger partial charge < -0.3 is 8.94 Å². The van der Waals surface area contributed by atoms with Crippen LogP contribution < -0.4 is 0 Å². The van der Waals surface area contributed by atoms with Crippen LogP contribution in [0.25, 0.3) is 0 Å². The van der Waals surface area contributed by atoms with Crippen molar-refractivity contribution in [3.05, 3.63) is 29.3 Å². The zero-order chi connectivity index (χ0) is 14.2. The molecule has 0 N–H and O–H groups in total. The quantitative estimate of drug-likeness (QED) is 0.861. The summed E-state index contributed by atoms with van der Waals surface area (Å²) >= 11 is 0. The minimum Gasteiger partial charge on any atom is -0.424 e. The van der Waals surface area contributed by atoms with Gasteiger partial charge in [-0.3, -0.25) is 4.90 Å². The topological polar surface area (TPSA) is 68.2 Å². The molecule has 3 heterocycles. The molecule has 1 aliphatic heterocycles. The molecular formula is C15H20N4O2. The molecule has 0 bridgehead atoms. The minimum absolute atomic E-state index is 0.299. The molecule has 0 aromatic carbocycles. The second-order valence-corrected chi connectivity index (χ2v) is 6.15. The van der Waals surface area contributed by atoms with Crippen LogP contribution in [0.1, 0.15) is 67.3 Å². The predicted octanol–water partition coefficient (Wildman–Crippen LogP) is 2.97. The maximum atomic E-state index is 5.79. The fraction of sp³-hybridized carbons (Fsp3) is 0.667. The van der Waals surface area contributed by atoms with E-state index in [1.165, 1.54) is 25.7 Å². The third kappa shape index (κ3) is 2.72. The van der Waals surface area contributed by atoms with E-state index in [0.717, 1.165) is 36.2 Å². The first-order valence-corrected chi connectivity index (χ1v) is 7.79. The van der Waals surface area contributed by atoms with Gasteiger partial charge in [-0.25, -0.2) is 0 Å². The average molecular weight is 288 g/mol. The summed E-state index contributed by atoms with van der Waals surface area (Å²) in [4.78, 5) is 2.38. The van der Waals surface area contributed by atoms with Gasteiger partial charge in [-0.2, -0.15) is 0 Å². The van der Waals surface area contributed by atoms with Gasteiger partial charge in [0, 0.05) is 12.0 Å². The minimum atomic E-state index is 0.299. The fourth-order valence-electron chi connectivity index (χ4n) is 3.06. The summed E-state index contributed by atoms with van der Waals surface area (Å²) in [5.74, 6) is 2.92. The van der Waals surface area contributed by atoms with E-state index in [9.17, 15) is 0 Å². The Bertz CT molecular complexity index is 617. The van der Waals surface area contributed by atoms with Crippen molar-refractivity contribution in [2.24, 2.45) is 0 Å². The van der Waals surface area contributed by atoms with E-state index in [0.29, 0.717) is 18.5 Å². The molecule has 1 aliphatic carbocycles. The summed E-state index contributed by atoms with van der Waals surface area (Å²) in [6.07, 6.45) is 5.91. The van der Waals surface area contributed by atoms with E-state index in [-0.39, 0.29) is 0 Å². The van der Waals surface area contributed by atoms with E-state index in [4.69, 9.17) is 8.94 Å². The lowest BCUT2D eigenvalue weighted by Crippen LogP contribution is -2.33. The van der Waals surface area contributed by atoms with Gasteiger partial charge in [-0.15, -0.1) is 10.2 Å². The number of aromatic nitrogens is 3. The van der Waals surface area contributed by atoms with Crippen molar-refractivity contribution in [3.8, 4) is 0 Å². The SMILES string of the molecule is Cc1cc([C@H]2CCCCN2Cc2nnc(C3CC3)o2)no1. The van der Waals surface area contributed by atoms with Crippen LogP contribution in [0.15, 0.2) is 15.0 Å². The zero-order valence-electron chi connectivity index (χ0n) is 12.3. The van der Waals surface area contributed by atoms with E-state index >= 15 is 0 Å². The lowest BCUT2D eigenvalue weighted by atomic mass is 9.99. The highest BCUT2D eigenvalue weighted by molar-refractivity contribution is 5.10. The molecule has 2 aromatic heterocycles. The third-order valence-electron chi connectivity index (χ3n) is 4.35. The highest BCUT2D eigenvalue weighted by atomic mass is 16.5. The van der Waals surface area contributed by atoms with Crippen LogP contribution in [0.5, 0.6) is 0 Å². The number of aryl methyl sites for hydroxylation is 1. The Labute approximate surface area is 123 Å². The summed E-state index contributed by atoms with van der Waals surface area (Å²) in [6.45, 7) is 3.68. The van der Waals surface area contributed by atoms with Crippen molar-refractivity contribution in [3.63, 3.8) is 0 Å². The monoisotopic (exact) mass is 288 g/mol. The molecule has 6 heteroatoms. The van der Waals surface area contributed by atoms with Crippen molar-refractivity contribution in [1.29, 1.82) is 0 Å². The molecule has 0 amide bonds. The molecule has 1 atom stereocenters. The van der Waals surface area contributed by atoms with E-state index in [2.05, 4.69) is 20.3 Å². The smallest absolute Gasteiger partial charge is 0.230 e. The maximum Gasteiger partial charge on any atom is 0.230 e. The average Bonchev–Trinajstić information content (AvgIpc) is 3.09. The predicted molar refractivity (Wildman–Crippen MR) is 74.5 cm³/mol. The third-order valence-corrected chi connectivity index (χ3v) is 4.35. The first-order chi connectivity index (χ1) is 10.3. The Balaban J connectivity index is 1.50. The lowest BCUT2D eigenvalue weighted by molar-refractivity contribution is 0.121. The second kappa shape index (κ2) is 5.26. The molecule has 0 radical (unpaired) electrons. The van der Waals surface area contributed by atoms with Crippen LogP contribution in [-0.2, 0) is 6.54 Å². The molecule has 0 spiro atoms. The summed E-state index contributed by atoms with van der Waals surface area (Å²) in [5, 5.41) is 12.6. The Morgan fingerprint density at radius 3 is 2.90 bits per heavy atom. The van der Waals surface area contributed by atoms with Crippen molar-refractivity contribution < 1.29 is 8.94 Å². The molecule has 2 fully saturated rings. The Morgan fingerprint density at radius 2 is 2.14 bits per heavy atom. The number of hydrogen-bond donors (Lipinski definition) is 0. The summed E-state index contributed by atoms with van der Waals surface area (Å²) < 4.78 is 11.0. The molecule has 4 rings (SSSR count). The fourth-order valence-corrected chi connectivity index (χ4v) is 3.06. The van der Waals surface area contributed by atoms with Crippen molar-refractivity contribution >= 4 is 0 Å². The van der Waals surface area contributed by atoms with Gasteiger partial charge in [-0.1, -0.05) is 11.6 Å². The Hall–Kier alpha value is -1.69. The molecule has 1 saturated heterocycles. The standard InChI is InChI=1S/C15H20N4O2/c1-10-8-12(18-21-10)13-4-2-3-7-19(13)9-14-16-17-15(20-14)11-5-6-11/h8,11,13H,2-7,9H2,1H3/t13-/m1/s1. The first-order valence-electron chi connectivity index (χ1n) is 7.79. The molecule has 2 aliphatic rings. The highest BCUT2D eigenvalue weighted by Gasteiger charge is 2.31. The van der Waals surface area contributed by atoms with Gasteiger partial charge in [0.25, 0.3) is 0 Å². The van der Waals surface area contributed by atoms with Gasteiger partial charge in [0.1, 0.15) is 11.5 Å². The van der Waals surface area contributed by atoms with Gasteiger partial charge in [0.05, 0.1) is 12.6 Å². The van der Waals surface area contributed by atoms with Crippen LogP contribution in [0.3, 0.4) is 0 Å². The normalized spacial score (nSPS) is 23.6.